The summed E-state index contributed by atoms with van der Waals surface area (Å²) >= 11 is 13.9. The van der Waals surface area contributed by atoms with Crippen LogP contribution in [0.1, 0.15) is 43.7 Å². The second-order valence-corrected chi connectivity index (χ2v) is 9.05. The quantitative estimate of drug-likeness (QED) is 0.644. The molecule has 28 heavy (non-hydrogen) atoms. The highest BCUT2D eigenvalue weighted by molar-refractivity contribution is 7.99. The topological polar surface area (TPSA) is 63.1 Å². The third-order valence-electron chi connectivity index (χ3n) is 5.08. The molecule has 0 radical (unpaired) electrons. The largest absolute Gasteiger partial charge is 0.341 e. The third kappa shape index (κ3) is 4.26. The van der Waals surface area contributed by atoms with E-state index in [1.54, 1.807) is 6.07 Å². The number of piperidine rings is 1. The number of benzene rings is 1. The summed E-state index contributed by atoms with van der Waals surface area (Å²) in [4.78, 5) is 14.8. The number of carbonyl (C=O) groups is 1. The van der Waals surface area contributed by atoms with Crippen LogP contribution in [0.4, 0.5) is 11.6 Å². The maximum Gasteiger partial charge on any atom is 0.234 e. The van der Waals surface area contributed by atoms with Crippen molar-refractivity contribution in [1.82, 2.24) is 14.8 Å². The Kier molecular flexibility index (Phi) is 6.04. The highest BCUT2D eigenvalue weighted by Crippen LogP contribution is 2.41. The smallest absolute Gasteiger partial charge is 0.234 e. The molecule has 0 bridgehead atoms. The molecule has 1 aromatic heterocycles. The van der Waals surface area contributed by atoms with Crippen LogP contribution in [0, 0.1) is 6.92 Å². The molecule has 1 amide bonds. The number of aromatic nitrogens is 3. The number of carbonyl (C=O) groups excluding carboxylic acids is 1. The SMILES string of the molecule is Cc1ccc(Cl)c(NC(=O)CSc2nnc(N3CCCCC3)n2C2CC2)c1Cl. The zero-order valence-electron chi connectivity index (χ0n) is 15.8. The summed E-state index contributed by atoms with van der Waals surface area (Å²) in [6.07, 6.45) is 5.96. The van der Waals surface area contributed by atoms with E-state index in [9.17, 15) is 4.79 Å². The second kappa shape index (κ2) is 8.51. The molecule has 2 aromatic rings. The fourth-order valence-corrected chi connectivity index (χ4v) is 4.67. The van der Waals surface area contributed by atoms with Gasteiger partial charge < -0.3 is 10.2 Å². The lowest BCUT2D eigenvalue weighted by atomic mass is 10.1. The predicted octanol–water partition coefficient (Wildman–Crippen LogP) is 4.95. The maximum atomic E-state index is 12.5. The van der Waals surface area contributed by atoms with Gasteiger partial charge in [0.25, 0.3) is 0 Å². The first kappa shape index (κ1) is 19.9. The van der Waals surface area contributed by atoms with Crippen LogP contribution < -0.4 is 10.2 Å². The van der Waals surface area contributed by atoms with Gasteiger partial charge in [0.1, 0.15) is 0 Å². The first-order valence-electron chi connectivity index (χ1n) is 9.61. The van der Waals surface area contributed by atoms with Crippen molar-refractivity contribution in [3.8, 4) is 0 Å². The van der Waals surface area contributed by atoms with Crippen molar-refractivity contribution in [2.75, 3.05) is 29.1 Å². The molecule has 4 rings (SSSR count). The number of aryl methyl sites for hydroxylation is 1. The number of thioether (sulfide) groups is 1. The lowest BCUT2D eigenvalue weighted by Crippen LogP contribution is -2.32. The Labute approximate surface area is 179 Å². The zero-order chi connectivity index (χ0) is 19.7. The summed E-state index contributed by atoms with van der Waals surface area (Å²) < 4.78 is 2.22. The van der Waals surface area contributed by atoms with Gasteiger partial charge in [0.15, 0.2) is 5.16 Å². The average molecular weight is 440 g/mol. The number of nitrogens with one attached hydrogen (secondary N) is 1. The predicted molar refractivity (Wildman–Crippen MR) is 115 cm³/mol. The number of hydrogen-bond donors (Lipinski definition) is 1. The average Bonchev–Trinajstić information content (AvgIpc) is 3.46. The van der Waals surface area contributed by atoms with E-state index in [1.807, 2.05) is 13.0 Å². The van der Waals surface area contributed by atoms with Crippen LogP contribution in [0.5, 0.6) is 0 Å². The van der Waals surface area contributed by atoms with Crippen molar-refractivity contribution in [2.45, 2.75) is 50.2 Å². The van der Waals surface area contributed by atoms with E-state index >= 15 is 0 Å². The molecule has 1 aromatic carbocycles. The Morgan fingerprint density at radius 2 is 1.96 bits per heavy atom. The van der Waals surface area contributed by atoms with E-state index in [1.165, 1.54) is 31.0 Å². The molecule has 2 heterocycles. The van der Waals surface area contributed by atoms with Gasteiger partial charge in [0, 0.05) is 19.1 Å². The fourth-order valence-electron chi connectivity index (χ4n) is 3.41. The molecule has 1 aliphatic heterocycles. The van der Waals surface area contributed by atoms with E-state index in [4.69, 9.17) is 23.2 Å². The molecular formula is C19H23Cl2N5OS. The van der Waals surface area contributed by atoms with Crippen molar-refractivity contribution in [3.05, 3.63) is 27.7 Å². The second-order valence-electron chi connectivity index (χ2n) is 7.32. The van der Waals surface area contributed by atoms with Crippen molar-refractivity contribution in [1.29, 1.82) is 0 Å². The summed E-state index contributed by atoms with van der Waals surface area (Å²) in [7, 11) is 0. The minimum atomic E-state index is -0.163. The van der Waals surface area contributed by atoms with Crippen LogP contribution in [0.3, 0.4) is 0 Å². The van der Waals surface area contributed by atoms with Gasteiger partial charge in [0.05, 0.1) is 21.5 Å². The molecule has 150 valence electrons. The molecule has 1 N–H and O–H groups in total. The monoisotopic (exact) mass is 439 g/mol. The van der Waals surface area contributed by atoms with Crippen molar-refractivity contribution in [2.24, 2.45) is 0 Å². The Bertz CT molecular complexity index is 877. The van der Waals surface area contributed by atoms with Crippen LogP contribution >= 0.6 is 35.0 Å². The third-order valence-corrected chi connectivity index (χ3v) is 6.82. The number of halogens is 2. The number of rotatable bonds is 6. The molecule has 1 aliphatic carbocycles. The Hall–Kier alpha value is -1.44. The number of anilines is 2. The molecule has 0 unspecified atom stereocenters. The van der Waals surface area contributed by atoms with E-state index in [0.717, 1.165) is 42.6 Å². The van der Waals surface area contributed by atoms with Crippen molar-refractivity contribution in [3.63, 3.8) is 0 Å². The van der Waals surface area contributed by atoms with Gasteiger partial charge in [-0.15, -0.1) is 10.2 Å². The molecule has 6 nitrogen and oxygen atoms in total. The Morgan fingerprint density at radius 3 is 2.68 bits per heavy atom. The molecule has 1 saturated carbocycles. The van der Waals surface area contributed by atoms with Crippen LogP contribution in [0.25, 0.3) is 0 Å². The standard InChI is InChI=1S/C19H23Cl2N5OS/c1-12-5-8-14(20)17(16(12)21)22-15(27)11-28-19-24-23-18(26(19)13-6-7-13)25-9-3-2-4-10-25/h5,8,13H,2-4,6-7,9-11H2,1H3,(H,22,27). The maximum absolute atomic E-state index is 12.5. The number of amides is 1. The lowest BCUT2D eigenvalue weighted by molar-refractivity contribution is -0.113. The normalized spacial score (nSPS) is 17.0. The molecule has 2 aliphatic rings. The van der Waals surface area contributed by atoms with Crippen LogP contribution in [0.15, 0.2) is 17.3 Å². The van der Waals surface area contributed by atoms with E-state index in [0.29, 0.717) is 21.8 Å². The Morgan fingerprint density at radius 1 is 1.21 bits per heavy atom. The number of hydrogen-bond acceptors (Lipinski definition) is 5. The van der Waals surface area contributed by atoms with E-state index in [-0.39, 0.29) is 11.7 Å². The molecule has 1 saturated heterocycles. The minimum absolute atomic E-state index is 0.163. The van der Waals surface area contributed by atoms with Gasteiger partial charge in [-0.05, 0) is 50.7 Å². The fraction of sp³-hybridized carbons (Fsp3) is 0.526. The number of nitrogens with zero attached hydrogens (tertiary/aromatic N) is 4. The van der Waals surface area contributed by atoms with Gasteiger partial charge in [-0.3, -0.25) is 9.36 Å². The summed E-state index contributed by atoms with van der Waals surface area (Å²) in [6, 6.07) is 4.02. The summed E-state index contributed by atoms with van der Waals surface area (Å²) in [5.41, 5.74) is 1.33. The molecular weight excluding hydrogens is 417 g/mol. The molecule has 2 fully saturated rings. The zero-order valence-corrected chi connectivity index (χ0v) is 18.1. The minimum Gasteiger partial charge on any atom is -0.341 e. The summed E-state index contributed by atoms with van der Waals surface area (Å²) in [5.74, 6) is 1.02. The van der Waals surface area contributed by atoms with Crippen LogP contribution in [-0.2, 0) is 4.79 Å². The van der Waals surface area contributed by atoms with Gasteiger partial charge in [0.2, 0.25) is 11.9 Å². The highest BCUT2D eigenvalue weighted by Gasteiger charge is 2.32. The first-order valence-corrected chi connectivity index (χ1v) is 11.4. The van der Waals surface area contributed by atoms with Crippen molar-refractivity contribution >= 4 is 52.5 Å². The lowest BCUT2D eigenvalue weighted by Gasteiger charge is -2.27. The van der Waals surface area contributed by atoms with Crippen molar-refractivity contribution < 1.29 is 4.79 Å². The molecule has 0 spiro atoms. The van der Waals surface area contributed by atoms with E-state index in [2.05, 4.69) is 25.0 Å². The molecule has 0 atom stereocenters. The van der Waals surface area contributed by atoms with Gasteiger partial charge in [-0.25, -0.2) is 0 Å². The molecule has 9 heteroatoms. The van der Waals surface area contributed by atoms with Gasteiger partial charge >= 0.3 is 0 Å². The van der Waals surface area contributed by atoms with Crippen LogP contribution in [-0.4, -0.2) is 39.5 Å². The Balaban J connectivity index is 1.44. The van der Waals surface area contributed by atoms with Gasteiger partial charge in [-0.1, -0.05) is 41.0 Å². The summed E-state index contributed by atoms with van der Waals surface area (Å²) in [5, 5.41) is 13.4. The van der Waals surface area contributed by atoms with E-state index < -0.39 is 0 Å². The highest BCUT2D eigenvalue weighted by atomic mass is 35.5. The summed E-state index contributed by atoms with van der Waals surface area (Å²) in [6.45, 7) is 3.93. The van der Waals surface area contributed by atoms with Gasteiger partial charge in [-0.2, -0.15) is 0 Å². The first-order chi connectivity index (χ1) is 13.5. The van der Waals surface area contributed by atoms with Crippen LogP contribution in [0.2, 0.25) is 10.0 Å².